The molecule has 8 heteroatoms. The maximum absolute atomic E-state index is 10.7. The van der Waals surface area contributed by atoms with Gasteiger partial charge in [-0.2, -0.15) is 0 Å². The zero-order chi connectivity index (χ0) is 14.1. The normalized spacial score (nSPS) is 11.0. The first-order valence-electron chi connectivity index (χ1n) is 5.69. The van der Waals surface area contributed by atoms with Crippen molar-refractivity contribution in [1.82, 2.24) is 15.1 Å². The van der Waals surface area contributed by atoms with Gasteiger partial charge in [-0.3, -0.25) is 0 Å². The number of nitrogen functional groups attached to an aromatic ring is 1. The molecule has 0 aliphatic rings. The second kappa shape index (κ2) is 4.89. The van der Waals surface area contributed by atoms with E-state index in [4.69, 9.17) is 15.4 Å². The molecule has 3 rings (SSSR count). The van der Waals surface area contributed by atoms with E-state index in [9.17, 15) is 4.79 Å². The van der Waals surface area contributed by atoms with Crippen LogP contribution in [0.15, 0.2) is 33.9 Å². The number of thioether (sulfide) groups is 1. The Hall–Kier alpha value is -2.48. The number of aromatic amines is 1. The summed E-state index contributed by atoms with van der Waals surface area (Å²) in [6, 6.07) is 6.83. The quantitative estimate of drug-likeness (QED) is 0.497. The van der Waals surface area contributed by atoms with Crippen molar-refractivity contribution in [3.8, 4) is 0 Å². The molecule has 7 nitrogen and oxygen atoms in total. The molecule has 0 atom stereocenters. The molecule has 0 unspecified atom stereocenters. The van der Waals surface area contributed by atoms with Gasteiger partial charge >= 0.3 is 5.97 Å². The Balaban J connectivity index is 1.74. The van der Waals surface area contributed by atoms with Crippen LogP contribution in [0.1, 0.15) is 16.2 Å². The Bertz CT molecular complexity index is 780. The summed E-state index contributed by atoms with van der Waals surface area (Å²) in [5, 5.41) is 12.9. The van der Waals surface area contributed by atoms with E-state index in [-0.39, 0.29) is 5.69 Å². The number of rotatable bonds is 4. The molecule has 0 saturated carbocycles. The molecular weight excluding hydrogens is 280 g/mol. The monoisotopic (exact) mass is 290 g/mol. The number of imidazole rings is 1. The molecule has 102 valence electrons. The van der Waals surface area contributed by atoms with Crippen LogP contribution in [0, 0.1) is 0 Å². The van der Waals surface area contributed by atoms with Gasteiger partial charge in [-0.1, -0.05) is 16.9 Å². The lowest BCUT2D eigenvalue weighted by molar-refractivity contribution is 0.0685. The number of carbonyl (C=O) groups is 1. The minimum absolute atomic E-state index is 0.0991. The van der Waals surface area contributed by atoms with Crippen LogP contribution < -0.4 is 5.73 Å². The largest absolute Gasteiger partial charge is 0.476 e. The van der Waals surface area contributed by atoms with Crippen LogP contribution >= 0.6 is 11.8 Å². The van der Waals surface area contributed by atoms with Gasteiger partial charge in [0, 0.05) is 11.8 Å². The van der Waals surface area contributed by atoms with Gasteiger partial charge in [-0.15, -0.1) is 0 Å². The molecule has 0 bridgehead atoms. The highest BCUT2D eigenvalue weighted by Crippen LogP contribution is 2.24. The number of H-pyrrole nitrogens is 1. The number of nitrogens with one attached hydrogen (secondary N) is 1. The average Bonchev–Trinajstić information content (AvgIpc) is 3.01. The summed E-state index contributed by atoms with van der Waals surface area (Å²) in [7, 11) is 0. The Morgan fingerprint density at radius 2 is 2.30 bits per heavy atom. The SMILES string of the molecule is Nc1ccc2nc(SCc3cc(C(=O)O)no3)[nH]c2c1. The van der Waals surface area contributed by atoms with Crippen LogP contribution in [-0.4, -0.2) is 26.2 Å². The number of aromatic carboxylic acids is 1. The third kappa shape index (κ3) is 2.45. The van der Waals surface area contributed by atoms with E-state index in [1.807, 2.05) is 12.1 Å². The van der Waals surface area contributed by atoms with Crippen LogP contribution in [0.4, 0.5) is 5.69 Å². The predicted octanol–water partition coefficient (Wildman–Crippen LogP) is 2.12. The maximum atomic E-state index is 10.7. The number of nitrogens with two attached hydrogens (primary N) is 1. The van der Waals surface area contributed by atoms with Crippen LogP contribution in [-0.2, 0) is 5.75 Å². The summed E-state index contributed by atoms with van der Waals surface area (Å²) in [6.07, 6.45) is 0. The zero-order valence-electron chi connectivity index (χ0n) is 10.2. The Morgan fingerprint density at radius 1 is 1.45 bits per heavy atom. The van der Waals surface area contributed by atoms with Crippen molar-refractivity contribution in [1.29, 1.82) is 0 Å². The molecule has 2 aromatic heterocycles. The summed E-state index contributed by atoms with van der Waals surface area (Å²) in [4.78, 5) is 18.2. The molecule has 0 aliphatic carbocycles. The van der Waals surface area contributed by atoms with Gasteiger partial charge in [0.05, 0.1) is 16.8 Å². The number of carboxylic acid groups (broad SMARTS) is 1. The fourth-order valence-electron chi connectivity index (χ4n) is 1.69. The second-order valence-corrected chi connectivity index (χ2v) is 5.05. The number of hydrogen-bond donors (Lipinski definition) is 3. The van der Waals surface area contributed by atoms with Crippen molar-refractivity contribution in [3.05, 3.63) is 35.7 Å². The van der Waals surface area contributed by atoms with E-state index >= 15 is 0 Å². The summed E-state index contributed by atoms with van der Waals surface area (Å²) < 4.78 is 4.93. The van der Waals surface area contributed by atoms with E-state index in [1.165, 1.54) is 17.8 Å². The molecule has 4 N–H and O–H groups in total. The lowest BCUT2D eigenvalue weighted by Gasteiger charge is -1.91. The van der Waals surface area contributed by atoms with Gasteiger partial charge in [-0.25, -0.2) is 9.78 Å². The van der Waals surface area contributed by atoms with Crippen molar-refractivity contribution < 1.29 is 14.4 Å². The zero-order valence-corrected chi connectivity index (χ0v) is 11.0. The molecule has 0 saturated heterocycles. The summed E-state index contributed by atoms with van der Waals surface area (Å²) >= 11 is 1.40. The average molecular weight is 290 g/mol. The maximum Gasteiger partial charge on any atom is 0.358 e. The molecule has 1 aromatic carbocycles. The van der Waals surface area contributed by atoms with Crippen molar-refractivity contribution in [2.45, 2.75) is 10.9 Å². The molecule has 0 radical (unpaired) electrons. The molecular formula is C12H10N4O3S. The Labute approximate surface area is 117 Å². The first-order chi connectivity index (χ1) is 9.61. The van der Waals surface area contributed by atoms with Crippen molar-refractivity contribution in [2.24, 2.45) is 0 Å². The van der Waals surface area contributed by atoms with E-state index in [0.29, 0.717) is 22.4 Å². The number of benzene rings is 1. The van der Waals surface area contributed by atoms with E-state index in [0.717, 1.165) is 11.0 Å². The predicted molar refractivity (Wildman–Crippen MR) is 73.5 cm³/mol. The molecule has 0 fully saturated rings. The lowest BCUT2D eigenvalue weighted by Crippen LogP contribution is -1.94. The molecule has 0 spiro atoms. The number of carboxylic acids is 1. The number of fused-ring (bicyclic) bond motifs is 1. The van der Waals surface area contributed by atoms with Crippen LogP contribution in [0.5, 0.6) is 0 Å². The number of nitrogens with zero attached hydrogens (tertiary/aromatic N) is 2. The summed E-state index contributed by atoms with van der Waals surface area (Å²) in [5.41, 5.74) is 7.94. The van der Waals surface area contributed by atoms with Gasteiger partial charge in [0.2, 0.25) is 0 Å². The van der Waals surface area contributed by atoms with Crippen molar-refractivity contribution in [2.75, 3.05) is 5.73 Å². The smallest absolute Gasteiger partial charge is 0.358 e. The topological polar surface area (TPSA) is 118 Å². The van der Waals surface area contributed by atoms with E-state index in [2.05, 4.69) is 15.1 Å². The van der Waals surface area contributed by atoms with E-state index in [1.54, 1.807) is 6.07 Å². The Kier molecular flexibility index (Phi) is 3.07. The van der Waals surface area contributed by atoms with Crippen LogP contribution in [0.3, 0.4) is 0 Å². The van der Waals surface area contributed by atoms with E-state index < -0.39 is 5.97 Å². The Morgan fingerprint density at radius 3 is 3.05 bits per heavy atom. The standard InChI is InChI=1S/C12H10N4O3S/c13-6-1-2-8-9(3-6)15-12(14-8)20-5-7-4-10(11(17)18)16-19-7/h1-4H,5,13H2,(H,14,15)(H,17,18). The fourth-order valence-corrected chi connectivity index (χ4v) is 2.45. The van der Waals surface area contributed by atoms with Gasteiger partial charge < -0.3 is 20.3 Å². The van der Waals surface area contributed by atoms with Crippen molar-refractivity contribution in [3.63, 3.8) is 0 Å². The first-order valence-corrected chi connectivity index (χ1v) is 6.67. The van der Waals surface area contributed by atoms with Crippen LogP contribution in [0.2, 0.25) is 0 Å². The van der Waals surface area contributed by atoms with Gasteiger partial charge in [-0.05, 0) is 18.2 Å². The second-order valence-electron chi connectivity index (χ2n) is 4.09. The summed E-state index contributed by atoms with van der Waals surface area (Å²) in [6.45, 7) is 0. The first kappa shape index (κ1) is 12.5. The molecule has 0 aliphatic heterocycles. The third-order valence-electron chi connectivity index (χ3n) is 2.61. The highest BCUT2D eigenvalue weighted by Gasteiger charge is 2.11. The molecule has 20 heavy (non-hydrogen) atoms. The van der Waals surface area contributed by atoms with Gasteiger partial charge in [0.1, 0.15) is 5.76 Å². The molecule has 2 heterocycles. The highest BCUT2D eigenvalue weighted by atomic mass is 32.2. The van der Waals surface area contributed by atoms with Crippen LogP contribution in [0.25, 0.3) is 11.0 Å². The minimum Gasteiger partial charge on any atom is -0.476 e. The fraction of sp³-hybridized carbons (Fsp3) is 0.0833. The molecule has 0 amide bonds. The van der Waals surface area contributed by atoms with Gasteiger partial charge in [0.25, 0.3) is 0 Å². The van der Waals surface area contributed by atoms with Gasteiger partial charge in [0.15, 0.2) is 10.9 Å². The third-order valence-corrected chi connectivity index (χ3v) is 3.51. The minimum atomic E-state index is -1.11. The molecule has 3 aromatic rings. The number of aromatic nitrogens is 3. The highest BCUT2D eigenvalue weighted by molar-refractivity contribution is 7.98. The number of hydrogen-bond acceptors (Lipinski definition) is 6. The lowest BCUT2D eigenvalue weighted by atomic mass is 10.3. The van der Waals surface area contributed by atoms with Crippen molar-refractivity contribution >= 4 is 34.5 Å². The summed E-state index contributed by atoms with van der Waals surface area (Å²) in [5.74, 6) is -0.188. The number of anilines is 1.